The van der Waals surface area contributed by atoms with Crippen molar-refractivity contribution in [3.05, 3.63) is 65.5 Å². The van der Waals surface area contributed by atoms with E-state index in [2.05, 4.69) is 5.32 Å². The molecule has 2 N–H and O–H groups in total. The molecule has 0 aliphatic heterocycles. The first-order valence-corrected chi connectivity index (χ1v) is 8.36. The molecule has 0 spiro atoms. The minimum absolute atomic E-state index is 0.0314. The molecule has 0 saturated carbocycles. The Morgan fingerprint density at radius 2 is 1.88 bits per heavy atom. The molecule has 0 aliphatic carbocycles. The molecule has 0 aromatic heterocycles. The molecule has 1 amide bonds. The van der Waals surface area contributed by atoms with Crippen LogP contribution < -0.4 is 10.1 Å². The number of carboxylic acid groups (broad SMARTS) is 1. The lowest BCUT2D eigenvalue weighted by atomic mass is 9.99. The van der Waals surface area contributed by atoms with Crippen LogP contribution in [0.3, 0.4) is 0 Å². The second kappa shape index (κ2) is 9.56. The molecular formula is C20H22FNO4. The number of hydrogen-bond donors (Lipinski definition) is 2. The monoisotopic (exact) mass is 359 g/mol. The lowest BCUT2D eigenvalue weighted by Gasteiger charge is -2.14. The normalized spacial score (nSPS) is 11.6. The van der Waals surface area contributed by atoms with E-state index in [0.717, 1.165) is 5.56 Å². The number of carbonyl (C=O) groups excluding carboxylic acids is 1. The number of halogens is 1. The van der Waals surface area contributed by atoms with E-state index in [1.807, 2.05) is 30.3 Å². The van der Waals surface area contributed by atoms with Gasteiger partial charge in [0.25, 0.3) is 0 Å². The quantitative estimate of drug-likeness (QED) is 0.722. The topological polar surface area (TPSA) is 75.6 Å². The minimum atomic E-state index is -0.965. The van der Waals surface area contributed by atoms with Gasteiger partial charge in [0.05, 0.1) is 13.0 Å². The second-order valence-electron chi connectivity index (χ2n) is 5.96. The van der Waals surface area contributed by atoms with Crippen molar-refractivity contribution in [1.29, 1.82) is 0 Å². The summed E-state index contributed by atoms with van der Waals surface area (Å²) in [6.45, 7) is 0.0314. The Balaban J connectivity index is 1.86. The van der Waals surface area contributed by atoms with Gasteiger partial charge in [-0.15, -0.1) is 0 Å². The van der Waals surface area contributed by atoms with Crippen LogP contribution in [0.15, 0.2) is 48.5 Å². The number of rotatable bonds is 9. The van der Waals surface area contributed by atoms with Crippen LogP contribution in [0.4, 0.5) is 4.39 Å². The van der Waals surface area contributed by atoms with Crippen molar-refractivity contribution in [2.75, 3.05) is 13.7 Å². The molecule has 2 rings (SSSR count). The molecule has 5 nitrogen and oxygen atoms in total. The van der Waals surface area contributed by atoms with Gasteiger partial charge in [-0.05, 0) is 30.0 Å². The van der Waals surface area contributed by atoms with Gasteiger partial charge in [-0.2, -0.15) is 0 Å². The van der Waals surface area contributed by atoms with E-state index in [4.69, 9.17) is 4.74 Å². The van der Waals surface area contributed by atoms with Crippen molar-refractivity contribution in [2.45, 2.75) is 19.3 Å². The summed E-state index contributed by atoms with van der Waals surface area (Å²) in [7, 11) is 1.38. The Labute approximate surface area is 151 Å². The number of hydrogen-bond acceptors (Lipinski definition) is 3. The fourth-order valence-corrected chi connectivity index (χ4v) is 2.63. The number of ether oxygens (including phenoxy) is 1. The number of methoxy groups -OCH3 is 1. The summed E-state index contributed by atoms with van der Waals surface area (Å²) in [4.78, 5) is 23.4. The molecule has 1 unspecified atom stereocenters. The van der Waals surface area contributed by atoms with E-state index in [-0.39, 0.29) is 31.0 Å². The molecule has 2 aromatic carbocycles. The van der Waals surface area contributed by atoms with E-state index in [1.165, 1.54) is 13.2 Å². The maximum atomic E-state index is 14.1. The van der Waals surface area contributed by atoms with Gasteiger partial charge in [0.15, 0.2) is 11.6 Å². The molecular weight excluding hydrogens is 337 g/mol. The van der Waals surface area contributed by atoms with Crippen molar-refractivity contribution >= 4 is 11.9 Å². The highest BCUT2D eigenvalue weighted by Crippen LogP contribution is 2.20. The molecule has 138 valence electrons. The third-order valence-electron chi connectivity index (χ3n) is 4.10. The Morgan fingerprint density at radius 1 is 1.15 bits per heavy atom. The smallest absolute Gasteiger partial charge is 0.308 e. The van der Waals surface area contributed by atoms with E-state index in [9.17, 15) is 19.1 Å². The van der Waals surface area contributed by atoms with Gasteiger partial charge in [-0.3, -0.25) is 9.59 Å². The Kier molecular flexibility index (Phi) is 7.14. The second-order valence-corrected chi connectivity index (χ2v) is 5.96. The predicted molar refractivity (Wildman–Crippen MR) is 95.6 cm³/mol. The zero-order chi connectivity index (χ0) is 18.9. The molecule has 0 fully saturated rings. The number of nitrogens with one attached hydrogen (secondary N) is 1. The van der Waals surface area contributed by atoms with Gasteiger partial charge < -0.3 is 15.2 Å². The number of aliphatic carboxylic acids is 1. The molecule has 0 radical (unpaired) electrons. The summed E-state index contributed by atoms with van der Waals surface area (Å²) in [6, 6.07) is 14.0. The Bertz CT molecular complexity index is 749. The third-order valence-corrected chi connectivity index (χ3v) is 4.10. The van der Waals surface area contributed by atoms with Crippen LogP contribution in [0.2, 0.25) is 0 Å². The summed E-state index contributed by atoms with van der Waals surface area (Å²) in [6.07, 6.45) is 0.619. The summed E-state index contributed by atoms with van der Waals surface area (Å²) < 4.78 is 19.0. The van der Waals surface area contributed by atoms with Gasteiger partial charge in [0.1, 0.15) is 0 Å². The Morgan fingerprint density at radius 3 is 2.54 bits per heavy atom. The minimum Gasteiger partial charge on any atom is -0.494 e. The average Bonchev–Trinajstić information content (AvgIpc) is 2.64. The first kappa shape index (κ1) is 19.4. The Hall–Kier alpha value is -2.89. The van der Waals surface area contributed by atoms with Crippen molar-refractivity contribution < 1.29 is 23.8 Å². The molecule has 1 atom stereocenters. The van der Waals surface area contributed by atoms with Gasteiger partial charge in [0, 0.05) is 13.0 Å². The van der Waals surface area contributed by atoms with Crippen molar-refractivity contribution in [3.63, 3.8) is 0 Å². The highest BCUT2D eigenvalue weighted by molar-refractivity contribution is 5.77. The molecule has 0 aliphatic rings. The number of carboxylic acids is 1. The van der Waals surface area contributed by atoms with Crippen molar-refractivity contribution in [2.24, 2.45) is 5.92 Å². The number of carbonyl (C=O) groups is 2. The first-order chi connectivity index (χ1) is 12.5. The molecule has 0 heterocycles. The maximum Gasteiger partial charge on any atom is 0.308 e. The van der Waals surface area contributed by atoms with Crippen molar-refractivity contribution in [3.8, 4) is 5.75 Å². The number of aryl methyl sites for hydroxylation is 1. The number of amides is 1. The highest BCUT2D eigenvalue weighted by Gasteiger charge is 2.19. The van der Waals surface area contributed by atoms with Crippen LogP contribution in [0.5, 0.6) is 5.75 Å². The highest BCUT2D eigenvalue weighted by atomic mass is 19.1. The first-order valence-electron chi connectivity index (χ1n) is 8.36. The fourth-order valence-electron chi connectivity index (χ4n) is 2.63. The van der Waals surface area contributed by atoms with Gasteiger partial charge in [0.2, 0.25) is 5.91 Å². The van der Waals surface area contributed by atoms with E-state index < -0.39 is 17.7 Å². The van der Waals surface area contributed by atoms with E-state index in [1.54, 1.807) is 12.1 Å². The van der Waals surface area contributed by atoms with Crippen LogP contribution in [-0.4, -0.2) is 30.6 Å². The fraction of sp³-hybridized carbons (Fsp3) is 0.300. The summed E-state index contributed by atoms with van der Waals surface area (Å²) in [5.74, 6) is -2.33. The lowest BCUT2D eigenvalue weighted by Crippen LogP contribution is -2.34. The zero-order valence-corrected chi connectivity index (χ0v) is 14.6. The zero-order valence-electron chi connectivity index (χ0n) is 14.6. The summed E-state index contributed by atoms with van der Waals surface area (Å²) in [5.41, 5.74) is 1.28. The summed E-state index contributed by atoms with van der Waals surface area (Å²) >= 11 is 0. The lowest BCUT2D eigenvalue weighted by molar-refractivity contribution is -0.141. The molecule has 2 aromatic rings. The van der Waals surface area contributed by atoms with Gasteiger partial charge >= 0.3 is 5.97 Å². The van der Waals surface area contributed by atoms with Gasteiger partial charge in [-0.25, -0.2) is 4.39 Å². The largest absolute Gasteiger partial charge is 0.494 e. The van der Waals surface area contributed by atoms with Crippen LogP contribution in [0.25, 0.3) is 0 Å². The predicted octanol–water partition coefficient (Wildman–Crippen LogP) is 2.83. The van der Waals surface area contributed by atoms with E-state index >= 15 is 0 Å². The average molecular weight is 359 g/mol. The van der Waals surface area contributed by atoms with E-state index in [0.29, 0.717) is 12.0 Å². The number of benzene rings is 2. The molecule has 6 heteroatoms. The molecule has 0 bridgehead atoms. The maximum absolute atomic E-state index is 14.1. The summed E-state index contributed by atoms with van der Waals surface area (Å²) in [5, 5.41) is 12.0. The van der Waals surface area contributed by atoms with Gasteiger partial charge in [-0.1, -0.05) is 42.5 Å². The van der Waals surface area contributed by atoms with Crippen LogP contribution in [-0.2, 0) is 22.4 Å². The SMILES string of the molecule is COc1cccc(CCC(=O)NCC(Cc2ccccc2)C(=O)O)c1F. The molecule has 0 saturated heterocycles. The van der Waals surface area contributed by atoms with Crippen LogP contribution >= 0.6 is 0 Å². The van der Waals surface area contributed by atoms with Crippen LogP contribution in [0.1, 0.15) is 17.5 Å². The standard InChI is InChI=1S/C20H22FNO4/c1-26-17-9-5-8-15(19(17)21)10-11-18(23)22-13-16(20(24)25)12-14-6-3-2-4-7-14/h2-9,16H,10-13H2,1H3,(H,22,23)(H,24,25). The van der Waals surface area contributed by atoms with Crippen molar-refractivity contribution in [1.82, 2.24) is 5.32 Å². The van der Waals surface area contributed by atoms with Crippen LogP contribution in [0, 0.1) is 11.7 Å². The molecule has 26 heavy (non-hydrogen) atoms. The third kappa shape index (κ3) is 5.58.